The highest BCUT2D eigenvalue weighted by Crippen LogP contribution is 2.39. The molecular weight excluding hydrogens is 494 g/mol. The molecule has 1 aliphatic rings. The molecule has 5 nitrogen and oxygen atoms in total. The molecule has 1 amide bonds. The Kier molecular flexibility index (Phi) is 7.40. The third-order valence-electron chi connectivity index (χ3n) is 8.55. The zero-order valence-electron chi connectivity index (χ0n) is 23.3. The Bertz CT molecular complexity index is 1650. The lowest BCUT2D eigenvalue weighted by atomic mass is 9.83. The fraction of sp³-hybridized carbons (Fsp3) is 0.314. The molecule has 1 saturated carbocycles. The van der Waals surface area contributed by atoms with Crippen LogP contribution in [0.15, 0.2) is 84.9 Å². The summed E-state index contributed by atoms with van der Waals surface area (Å²) >= 11 is 0. The maximum absolute atomic E-state index is 13.9. The Morgan fingerprint density at radius 2 is 1.68 bits per heavy atom. The van der Waals surface area contributed by atoms with Gasteiger partial charge in [0.2, 0.25) is 5.91 Å². The number of benzene rings is 3. The number of aliphatic hydroxyl groups is 1. The number of para-hydroxylation sites is 1. The summed E-state index contributed by atoms with van der Waals surface area (Å²) in [7, 11) is 0. The van der Waals surface area contributed by atoms with Crippen LogP contribution in [-0.4, -0.2) is 27.2 Å². The number of carbonyl (C=O) groups is 1. The first-order valence-electron chi connectivity index (χ1n) is 14.4. The number of hydrogen-bond donors (Lipinski definition) is 2. The monoisotopic (exact) mass is 531 g/mol. The standard InChI is InChI=1S/C35H37N3O2/c1-23-19-24(2)36-34-32(23)29-17-8-9-18-31(29)38(34)21-25-11-10-16-28(20-25)33(27-14-6-7-15-27)35(40)37-30(22-39)26-12-4-3-5-13-26/h3-5,8-13,16-20,27,30,33,39H,6-7,14-15,21-22H2,1-2H3,(H,37,40)/t30-,33+/m1/s1. The molecule has 0 aliphatic heterocycles. The molecule has 0 spiro atoms. The van der Waals surface area contributed by atoms with Crippen LogP contribution in [0.5, 0.6) is 0 Å². The summed E-state index contributed by atoms with van der Waals surface area (Å²) < 4.78 is 2.31. The van der Waals surface area contributed by atoms with E-state index in [1.54, 1.807) is 0 Å². The lowest BCUT2D eigenvalue weighted by molar-refractivity contribution is -0.124. The normalized spacial score (nSPS) is 15.5. The van der Waals surface area contributed by atoms with Gasteiger partial charge in [-0.15, -0.1) is 0 Å². The number of aromatic nitrogens is 2. The van der Waals surface area contributed by atoms with Crippen LogP contribution < -0.4 is 5.32 Å². The van der Waals surface area contributed by atoms with Crippen molar-refractivity contribution in [2.75, 3.05) is 6.61 Å². The van der Waals surface area contributed by atoms with Crippen molar-refractivity contribution >= 4 is 27.8 Å². The highest BCUT2D eigenvalue weighted by atomic mass is 16.3. The van der Waals surface area contributed by atoms with Gasteiger partial charge in [0.15, 0.2) is 0 Å². The largest absolute Gasteiger partial charge is 0.394 e. The van der Waals surface area contributed by atoms with E-state index < -0.39 is 6.04 Å². The minimum atomic E-state index is -0.420. The first kappa shape index (κ1) is 26.3. The fourth-order valence-electron chi connectivity index (χ4n) is 6.72. The van der Waals surface area contributed by atoms with E-state index in [9.17, 15) is 9.90 Å². The van der Waals surface area contributed by atoms with E-state index >= 15 is 0 Å². The Balaban J connectivity index is 1.36. The molecule has 40 heavy (non-hydrogen) atoms. The van der Waals surface area contributed by atoms with E-state index in [1.807, 2.05) is 30.3 Å². The van der Waals surface area contributed by atoms with Crippen molar-refractivity contribution in [3.8, 4) is 0 Å². The Labute approximate surface area is 235 Å². The van der Waals surface area contributed by atoms with Crippen LogP contribution in [-0.2, 0) is 11.3 Å². The molecule has 1 fully saturated rings. The minimum absolute atomic E-state index is 0.00302. The van der Waals surface area contributed by atoms with Gasteiger partial charge >= 0.3 is 0 Å². The second-order valence-corrected chi connectivity index (χ2v) is 11.3. The van der Waals surface area contributed by atoms with Crippen molar-refractivity contribution in [1.29, 1.82) is 0 Å². The molecular formula is C35H37N3O2. The summed E-state index contributed by atoms with van der Waals surface area (Å²) in [5.74, 6) is 0.0447. The molecule has 204 valence electrons. The van der Waals surface area contributed by atoms with Crippen LogP contribution in [0.4, 0.5) is 0 Å². The van der Waals surface area contributed by atoms with Crippen LogP contribution in [0.25, 0.3) is 21.9 Å². The zero-order valence-corrected chi connectivity index (χ0v) is 23.3. The minimum Gasteiger partial charge on any atom is -0.394 e. The van der Waals surface area contributed by atoms with Crippen LogP contribution in [0.2, 0.25) is 0 Å². The molecule has 2 atom stereocenters. The molecule has 0 bridgehead atoms. The second-order valence-electron chi connectivity index (χ2n) is 11.3. The quantitative estimate of drug-likeness (QED) is 0.227. The number of pyridine rings is 1. The molecule has 6 rings (SSSR count). The maximum Gasteiger partial charge on any atom is 0.228 e. The summed E-state index contributed by atoms with van der Waals surface area (Å²) in [5, 5.41) is 15.7. The zero-order chi connectivity index (χ0) is 27.6. The SMILES string of the molecule is Cc1cc(C)c2c3ccccc3n(Cc3cccc([C@@H](C(=O)N[C@H](CO)c4ccccc4)C4CCCC4)c3)c2n1. The highest BCUT2D eigenvalue weighted by molar-refractivity contribution is 6.08. The van der Waals surface area contributed by atoms with Gasteiger partial charge in [-0.2, -0.15) is 0 Å². The van der Waals surface area contributed by atoms with Crippen LogP contribution in [0.3, 0.4) is 0 Å². The van der Waals surface area contributed by atoms with Crippen LogP contribution in [0, 0.1) is 19.8 Å². The number of carbonyl (C=O) groups excluding carboxylic acids is 1. The van der Waals surface area contributed by atoms with E-state index in [0.29, 0.717) is 12.5 Å². The summed E-state index contributed by atoms with van der Waals surface area (Å²) in [6, 6.07) is 28.5. The lowest BCUT2D eigenvalue weighted by Crippen LogP contribution is -2.37. The number of aryl methyl sites for hydroxylation is 2. The highest BCUT2D eigenvalue weighted by Gasteiger charge is 2.33. The van der Waals surface area contributed by atoms with Crippen molar-refractivity contribution in [2.45, 2.75) is 58.0 Å². The summed E-state index contributed by atoms with van der Waals surface area (Å²) in [6.07, 6.45) is 4.41. The molecule has 2 N–H and O–H groups in total. The third kappa shape index (κ3) is 5.02. The van der Waals surface area contributed by atoms with Crippen molar-refractivity contribution in [1.82, 2.24) is 14.9 Å². The second kappa shape index (κ2) is 11.3. The molecule has 0 unspecified atom stereocenters. The molecule has 2 aromatic heterocycles. The van der Waals surface area contributed by atoms with Gasteiger partial charge in [0.25, 0.3) is 0 Å². The Hall–Kier alpha value is -3.96. The summed E-state index contributed by atoms with van der Waals surface area (Å²) in [4.78, 5) is 18.9. The van der Waals surface area contributed by atoms with Gasteiger partial charge in [0.05, 0.1) is 24.1 Å². The molecule has 2 heterocycles. The first-order valence-corrected chi connectivity index (χ1v) is 14.4. The van der Waals surface area contributed by atoms with Crippen LogP contribution >= 0.6 is 0 Å². The number of aliphatic hydroxyl groups excluding tert-OH is 1. The Morgan fingerprint density at radius 3 is 2.45 bits per heavy atom. The van der Waals surface area contributed by atoms with Gasteiger partial charge in [0.1, 0.15) is 5.65 Å². The number of nitrogens with one attached hydrogen (secondary N) is 1. The summed E-state index contributed by atoms with van der Waals surface area (Å²) in [6.45, 7) is 4.76. The molecule has 5 aromatic rings. The van der Waals surface area contributed by atoms with E-state index in [0.717, 1.165) is 53.7 Å². The van der Waals surface area contributed by atoms with Crippen molar-refractivity contribution in [3.05, 3.63) is 113 Å². The van der Waals surface area contributed by atoms with Crippen LogP contribution in [0.1, 0.15) is 65.6 Å². The molecule has 5 heteroatoms. The topological polar surface area (TPSA) is 67.2 Å². The number of fused-ring (bicyclic) bond motifs is 3. The fourth-order valence-corrected chi connectivity index (χ4v) is 6.72. The average molecular weight is 532 g/mol. The molecule has 0 radical (unpaired) electrons. The Morgan fingerprint density at radius 1 is 0.950 bits per heavy atom. The number of nitrogens with zero attached hydrogens (tertiary/aromatic N) is 2. The van der Waals surface area contributed by atoms with E-state index in [2.05, 4.69) is 78.3 Å². The van der Waals surface area contributed by atoms with Gasteiger partial charge in [-0.3, -0.25) is 4.79 Å². The predicted molar refractivity (Wildman–Crippen MR) is 161 cm³/mol. The van der Waals surface area contributed by atoms with Gasteiger partial charge in [-0.25, -0.2) is 4.98 Å². The van der Waals surface area contributed by atoms with Gasteiger partial charge in [-0.05, 0) is 67.0 Å². The van der Waals surface area contributed by atoms with Gasteiger partial charge < -0.3 is 15.0 Å². The van der Waals surface area contributed by atoms with E-state index in [-0.39, 0.29) is 18.4 Å². The third-order valence-corrected chi connectivity index (χ3v) is 8.55. The summed E-state index contributed by atoms with van der Waals surface area (Å²) in [5.41, 5.74) is 7.54. The smallest absolute Gasteiger partial charge is 0.228 e. The van der Waals surface area contributed by atoms with Crippen molar-refractivity contribution < 1.29 is 9.90 Å². The van der Waals surface area contributed by atoms with Crippen molar-refractivity contribution in [3.63, 3.8) is 0 Å². The van der Waals surface area contributed by atoms with Crippen molar-refractivity contribution in [2.24, 2.45) is 5.92 Å². The molecule has 0 saturated heterocycles. The molecule has 3 aromatic carbocycles. The van der Waals surface area contributed by atoms with Gasteiger partial charge in [-0.1, -0.05) is 85.6 Å². The van der Waals surface area contributed by atoms with E-state index in [4.69, 9.17) is 4.98 Å². The van der Waals surface area contributed by atoms with Gasteiger partial charge in [0, 0.05) is 23.0 Å². The number of rotatable bonds is 8. The predicted octanol–water partition coefficient (Wildman–Crippen LogP) is 6.98. The molecule has 1 aliphatic carbocycles. The average Bonchev–Trinajstić information content (AvgIpc) is 3.60. The van der Waals surface area contributed by atoms with E-state index in [1.165, 1.54) is 21.9 Å². The first-order chi connectivity index (χ1) is 19.5. The number of hydrogen-bond acceptors (Lipinski definition) is 3. The number of amides is 1. The lowest BCUT2D eigenvalue weighted by Gasteiger charge is -2.26. The maximum atomic E-state index is 13.9.